The molecular weight excluding hydrogens is 372 g/mol. The van der Waals surface area contributed by atoms with E-state index in [2.05, 4.69) is 43.6 Å². The van der Waals surface area contributed by atoms with E-state index in [9.17, 15) is 8.78 Å². The lowest BCUT2D eigenvalue weighted by Gasteiger charge is -2.37. The number of benzene rings is 1. The Hall–Kier alpha value is -1.54. The maximum absolute atomic E-state index is 12.5. The molecule has 1 fully saturated rings. The molecule has 0 spiro atoms. The second-order valence-corrected chi connectivity index (χ2v) is 6.42. The molecule has 5 nitrogen and oxygen atoms in total. The summed E-state index contributed by atoms with van der Waals surface area (Å²) in [4.78, 5) is 0. The molecule has 1 aliphatic rings. The number of alkyl halides is 2. The molecule has 2 aromatic rings. The van der Waals surface area contributed by atoms with Crippen LogP contribution in [0.25, 0.3) is 0 Å². The first-order chi connectivity index (χ1) is 11.1. The molecule has 0 saturated carbocycles. The van der Waals surface area contributed by atoms with E-state index in [1.54, 1.807) is 0 Å². The summed E-state index contributed by atoms with van der Waals surface area (Å²) in [5.41, 5.74) is 0.998. The van der Waals surface area contributed by atoms with Gasteiger partial charge in [0.25, 0.3) is 5.89 Å². The number of rotatable bonds is 5. The van der Waals surface area contributed by atoms with Crippen molar-refractivity contribution >= 4 is 21.9 Å². The van der Waals surface area contributed by atoms with Crippen molar-refractivity contribution < 1.29 is 17.9 Å². The normalized spacial score (nSPS) is 17.4. The average molecular weight is 388 g/mol. The van der Waals surface area contributed by atoms with Gasteiger partial charge in [-0.3, -0.25) is 0 Å². The molecule has 1 aromatic heterocycles. The van der Waals surface area contributed by atoms with Crippen LogP contribution in [0.3, 0.4) is 0 Å². The molecule has 2 heterocycles. The summed E-state index contributed by atoms with van der Waals surface area (Å²) in [6.45, 7) is 1.82. The highest BCUT2D eigenvalue weighted by Gasteiger charge is 2.35. The minimum Gasteiger partial charge on any atom is -0.402 e. The third-order valence-corrected chi connectivity index (χ3v) is 4.59. The van der Waals surface area contributed by atoms with Gasteiger partial charge in [0.1, 0.15) is 0 Å². The number of halogens is 3. The summed E-state index contributed by atoms with van der Waals surface area (Å²) in [6.07, 6.45) is -1.11. The molecule has 0 unspecified atom stereocenters. The van der Waals surface area contributed by atoms with Gasteiger partial charge in [0, 0.05) is 29.6 Å². The quantitative estimate of drug-likeness (QED) is 0.841. The van der Waals surface area contributed by atoms with Gasteiger partial charge >= 0.3 is 12.4 Å². The molecule has 124 valence electrons. The first-order valence-electron chi connectivity index (χ1n) is 7.28. The van der Waals surface area contributed by atoms with Gasteiger partial charge in [-0.2, -0.15) is 8.78 Å². The minimum absolute atomic E-state index is 0.0150. The summed E-state index contributed by atoms with van der Waals surface area (Å²) in [5, 5.41) is 9.95. The zero-order chi connectivity index (χ0) is 16.3. The molecule has 3 rings (SSSR count). The second kappa shape index (κ2) is 6.92. The van der Waals surface area contributed by atoms with Crippen molar-refractivity contribution in [1.29, 1.82) is 0 Å². The average Bonchev–Trinajstić information content (AvgIpc) is 3.03. The number of anilines is 1. The number of nitrogens with one attached hydrogen (secondary N) is 1. The van der Waals surface area contributed by atoms with Crippen molar-refractivity contribution in [3.05, 3.63) is 40.2 Å². The van der Waals surface area contributed by atoms with Crippen LogP contribution < -0.4 is 5.32 Å². The predicted octanol–water partition coefficient (Wildman–Crippen LogP) is 3.93. The van der Waals surface area contributed by atoms with Crippen molar-refractivity contribution in [2.45, 2.75) is 24.7 Å². The van der Waals surface area contributed by atoms with E-state index in [0.29, 0.717) is 19.8 Å². The van der Waals surface area contributed by atoms with Crippen LogP contribution in [0.5, 0.6) is 0 Å². The molecule has 8 heteroatoms. The lowest BCUT2D eigenvalue weighted by molar-refractivity contribution is 0.0541. The third kappa shape index (κ3) is 3.69. The van der Waals surface area contributed by atoms with Crippen LogP contribution in [0.4, 0.5) is 14.8 Å². The van der Waals surface area contributed by atoms with E-state index in [0.717, 1.165) is 22.9 Å². The Morgan fingerprint density at radius 2 is 2.04 bits per heavy atom. The fraction of sp³-hybridized carbons (Fsp3) is 0.467. The summed E-state index contributed by atoms with van der Waals surface area (Å²) in [6, 6.07) is 8.11. The molecule has 1 N–H and O–H groups in total. The van der Waals surface area contributed by atoms with E-state index >= 15 is 0 Å². The van der Waals surface area contributed by atoms with Crippen LogP contribution in [0.1, 0.15) is 30.7 Å². The summed E-state index contributed by atoms with van der Waals surface area (Å²) in [5.74, 6) is -0.670. The van der Waals surface area contributed by atoms with Gasteiger partial charge < -0.3 is 14.5 Å². The van der Waals surface area contributed by atoms with E-state index in [-0.39, 0.29) is 11.4 Å². The van der Waals surface area contributed by atoms with Crippen LogP contribution in [0.2, 0.25) is 0 Å². The molecule has 0 bridgehead atoms. The van der Waals surface area contributed by atoms with Crippen LogP contribution in [-0.4, -0.2) is 30.0 Å². The number of aromatic nitrogens is 2. The highest BCUT2D eigenvalue weighted by molar-refractivity contribution is 9.10. The Balaban J connectivity index is 1.79. The lowest BCUT2D eigenvalue weighted by Crippen LogP contribution is -2.40. The predicted molar refractivity (Wildman–Crippen MR) is 83.6 cm³/mol. The summed E-state index contributed by atoms with van der Waals surface area (Å²) >= 11 is 3.49. The molecule has 0 aliphatic carbocycles. The van der Waals surface area contributed by atoms with Crippen molar-refractivity contribution in [3.63, 3.8) is 0 Å². The zero-order valence-electron chi connectivity index (χ0n) is 12.3. The van der Waals surface area contributed by atoms with Crippen molar-refractivity contribution in [1.82, 2.24) is 10.2 Å². The fourth-order valence-electron chi connectivity index (χ4n) is 2.79. The molecule has 1 aromatic carbocycles. The standard InChI is InChI=1S/C15H16BrF2N3O2/c16-11-3-1-2-10(8-11)15(4-6-22-7-5-15)9-19-14-21-20-13(23-14)12(17)18/h1-3,8,12H,4-7,9H2,(H,19,21). The molecule has 1 saturated heterocycles. The number of nitrogens with zero attached hydrogens (tertiary/aromatic N) is 2. The second-order valence-electron chi connectivity index (χ2n) is 5.50. The smallest absolute Gasteiger partial charge is 0.315 e. The topological polar surface area (TPSA) is 60.2 Å². The summed E-state index contributed by atoms with van der Waals surface area (Å²) in [7, 11) is 0. The molecular formula is C15H16BrF2N3O2. The van der Waals surface area contributed by atoms with Gasteiger partial charge in [-0.05, 0) is 30.5 Å². The maximum Gasteiger partial charge on any atom is 0.315 e. The SMILES string of the molecule is FC(F)c1nnc(NCC2(c3cccc(Br)c3)CCOCC2)o1. The molecule has 1 aliphatic heterocycles. The van der Waals surface area contributed by atoms with E-state index in [4.69, 9.17) is 9.15 Å². The maximum atomic E-state index is 12.5. The molecule has 0 amide bonds. The van der Waals surface area contributed by atoms with Crippen molar-refractivity contribution in [3.8, 4) is 0 Å². The van der Waals surface area contributed by atoms with E-state index in [1.807, 2.05) is 12.1 Å². The van der Waals surface area contributed by atoms with Gasteiger partial charge in [-0.1, -0.05) is 33.2 Å². The molecule has 0 atom stereocenters. The Kier molecular flexibility index (Phi) is 4.91. The number of hydrogen-bond acceptors (Lipinski definition) is 5. The first kappa shape index (κ1) is 16.3. The highest BCUT2D eigenvalue weighted by Crippen LogP contribution is 2.36. The van der Waals surface area contributed by atoms with Gasteiger partial charge in [-0.25, -0.2) is 0 Å². The Labute approximate surface area is 140 Å². The van der Waals surface area contributed by atoms with Crippen molar-refractivity contribution in [2.75, 3.05) is 25.1 Å². The fourth-order valence-corrected chi connectivity index (χ4v) is 3.19. The van der Waals surface area contributed by atoms with Crippen LogP contribution >= 0.6 is 15.9 Å². The molecule has 23 heavy (non-hydrogen) atoms. The van der Waals surface area contributed by atoms with E-state index in [1.165, 1.54) is 0 Å². The minimum atomic E-state index is -2.76. The molecule has 0 radical (unpaired) electrons. The van der Waals surface area contributed by atoms with Gasteiger partial charge in [0.15, 0.2) is 0 Å². The summed E-state index contributed by atoms with van der Waals surface area (Å²) < 4.78 is 36.4. The van der Waals surface area contributed by atoms with Crippen LogP contribution in [0, 0.1) is 0 Å². The Bertz CT molecular complexity index is 660. The monoisotopic (exact) mass is 387 g/mol. The van der Waals surface area contributed by atoms with Crippen LogP contribution in [-0.2, 0) is 10.2 Å². The Morgan fingerprint density at radius 3 is 2.70 bits per heavy atom. The van der Waals surface area contributed by atoms with Gasteiger partial charge in [0.05, 0.1) is 0 Å². The number of ether oxygens (including phenoxy) is 1. The first-order valence-corrected chi connectivity index (χ1v) is 8.08. The zero-order valence-corrected chi connectivity index (χ0v) is 13.9. The van der Waals surface area contributed by atoms with Crippen molar-refractivity contribution in [2.24, 2.45) is 0 Å². The number of hydrogen-bond donors (Lipinski definition) is 1. The van der Waals surface area contributed by atoms with Gasteiger partial charge in [0.2, 0.25) is 0 Å². The third-order valence-electron chi connectivity index (χ3n) is 4.09. The van der Waals surface area contributed by atoms with Gasteiger partial charge in [-0.15, -0.1) is 5.10 Å². The van der Waals surface area contributed by atoms with Crippen LogP contribution in [0.15, 0.2) is 33.2 Å². The largest absolute Gasteiger partial charge is 0.402 e. The van der Waals surface area contributed by atoms with E-state index < -0.39 is 12.3 Å². The Morgan fingerprint density at radius 1 is 1.26 bits per heavy atom. The highest BCUT2D eigenvalue weighted by atomic mass is 79.9. The lowest BCUT2D eigenvalue weighted by atomic mass is 9.74.